The monoisotopic (exact) mass is 927 g/mol. The first-order chi connectivity index (χ1) is 31.2. The SMILES string of the molecule is CC(C)(C)OC(=O)NCCOC(=O)CC[C@@H]1NC(=O)OC1=O.CC(C)C[C@@H]1NC(=O)OC1=O.O=C(CC[C@@H]1NC(=O)OC1=O)OCc1ccccc1.O=C1N[C@@H](Cc2ccccc2)C(=O)O1. The molecule has 4 fully saturated rings. The van der Waals surface area contributed by atoms with Crippen molar-refractivity contribution < 1.29 is 85.9 Å². The van der Waals surface area contributed by atoms with E-state index >= 15 is 0 Å². The van der Waals surface area contributed by atoms with Crippen LogP contribution in [0.25, 0.3) is 0 Å². The molecule has 0 radical (unpaired) electrons. The highest BCUT2D eigenvalue weighted by Crippen LogP contribution is 2.13. The van der Waals surface area contributed by atoms with Gasteiger partial charge in [-0.25, -0.2) is 43.2 Å². The first-order valence-corrected chi connectivity index (χ1v) is 20.6. The third-order valence-corrected chi connectivity index (χ3v) is 8.62. The Morgan fingerprint density at radius 1 is 0.591 bits per heavy atom. The van der Waals surface area contributed by atoms with E-state index in [4.69, 9.17) is 14.2 Å². The molecular formula is C43H53N5O18. The molecule has 2 aromatic carbocycles. The van der Waals surface area contributed by atoms with Crippen molar-refractivity contribution in [2.75, 3.05) is 13.2 Å². The predicted molar refractivity (Wildman–Crippen MR) is 223 cm³/mol. The summed E-state index contributed by atoms with van der Waals surface area (Å²) in [6, 6.07) is 16.2. The van der Waals surface area contributed by atoms with Gasteiger partial charge in [-0.2, -0.15) is 0 Å². The Kier molecular flexibility index (Phi) is 21.0. The molecule has 358 valence electrons. The third kappa shape index (κ3) is 20.7. The van der Waals surface area contributed by atoms with Crippen LogP contribution in [0.5, 0.6) is 0 Å². The molecule has 4 aliphatic rings. The summed E-state index contributed by atoms with van der Waals surface area (Å²) in [6.45, 7) is 9.47. The highest BCUT2D eigenvalue weighted by Gasteiger charge is 2.35. The van der Waals surface area contributed by atoms with Gasteiger partial charge >= 0.3 is 66.3 Å². The molecule has 4 saturated heterocycles. The molecule has 0 saturated carbocycles. The Morgan fingerprint density at radius 2 is 1.00 bits per heavy atom. The van der Waals surface area contributed by atoms with Crippen LogP contribution in [-0.2, 0) is 75.0 Å². The van der Waals surface area contributed by atoms with Gasteiger partial charge in [-0.05, 0) is 57.1 Å². The second kappa shape index (κ2) is 26.3. The molecule has 23 nitrogen and oxygen atoms in total. The zero-order valence-electron chi connectivity index (χ0n) is 36.9. The van der Waals surface area contributed by atoms with Crippen molar-refractivity contribution in [3.8, 4) is 0 Å². The summed E-state index contributed by atoms with van der Waals surface area (Å²) in [4.78, 5) is 121. The molecule has 6 rings (SSSR count). The van der Waals surface area contributed by atoms with E-state index in [0.717, 1.165) is 11.1 Å². The largest absolute Gasteiger partial charge is 0.464 e. The molecule has 4 atom stereocenters. The van der Waals surface area contributed by atoms with Gasteiger partial charge < -0.3 is 59.7 Å². The summed E-state index contributed by atoms with van der Waals surface area (Å²) < 4.78 is 32.1. The second-order valence-electron chi connectivity index (χ2n) is 15.8. The van der Waals surface area contributed by atoms with E-state index in [1.807, 2.05) is 74.5 Å². The Bertz CT molecular complexity index is 2060. The second-order valence-corrected chi connectivity index (χ2v) is 15.8. The Labute approximate surface area is 378 Å². The van der Waals surface area contributed by atoms with Crippen LogP contribution in [0.4, 0.5) is 24.0 Å². The number of alkyl carbamates (subject to hydrolysis) is 5. The van der Waals surface area contributed by atoms with Gasteiger partial charge in [0.15, 0.2) is 0 Å². The Hall–Kier alpha value is -7.59. The number of cyclic esters (lactones) is 8. The summed E-state index contributed by atoms with van der Waals surface area (Å²) in [5, 5.41) is 11.9. The van der Waals surface area contributed by atoms with Gasteiger partial charge in [0.2, 0.25) is 0 Å². The van der Waals surface area contributed by atoms with Gasteiger partial charge in [0.25, 0.3) is 0 Å². The van der Waals surface area contributed by atoms with Crippen LogP contribution < -0.4 is 26.6 Å². The highest BCUT2D eigenvalue weighted by atomic mass is 16.6. The van der Waals surface area contributed by atoms with Crippen LogP contribution in [0.1, 0.15) is 77.8 Å². The van der Waals surface area contributed by atoms with Gasteiger partial charge in [0.1, 0.15) is 43.0 Å². The fourth-order valence-corrected chi connectivity index (χ4v) is 5.60. The maximum atomic E-state index is 11.5. The molecule has 0 spiro atoms. The van der Waals surface area contributed by atoms with E-state index in [1.54, 1.807) is 20.8 Å². The molecule has 2 aromatic rings. The molecule has 0 aromatic heterocycles. The first-order valence-electron chi connectivity index (χ1n) is 20.6. The number of carbonyl (C=O) groups excluding carboxylic acids is 11. The zero-order chi connectivity index (χ0) is 48.8. The lowest BCUT2D eigenvalue weighted by atomic mass is 10.0. The minimum atomic E-state index is -0.820. The van der Waals surface area contributed by atoms with Crippen LogP contribution in [0.2, 0.25) is 0 Å². The van der Waals surface area contributed by atoms with Crippen LogP contribution in [0.3, 0.4) is 0 Å². The standard InChI is InChI=1S/C13H20N2O7.C13H13NO5.C10H9NO3.C7H11NO3/c1-13(2,3)22-11(18)14-6-7-20-9(16)5-4-8-10(17)21-12(19)15-8;15-11(18-8-9-4-2-1-3-5-9)7-6-10-12(16)19-13(17)14-10;12-9-8(11-10(13)14-9)6-7-4-2-1-3-5-7;1-4(2)3-5-6(9)11-7(10)8-5/h8H,4-7H2,1-3H3,(H,14,18)(H,15,19);1-5,10H,6-8H2,(H,14,17);1-5,8H,6H2,(H,11,13);4-5H,3H2,1-2H3,(H,8,10)/t8-;10-;8-;5-/m0000/s1. The number of amides is 5. The fourth-order valence-electron chi connectivity index (χ4n) is 5.60. The summed E-state index contributed by atoms with van der Waals surface area (Å²) in [6.07, 6.45) is -2.06. The lowest BCUT2D eigenvalue weighted by Crippen LogP contribution is -2.34. The summed E-state index contributed by atoms with van der Waals surface area (Å²) >= 11 is 0. The minimum Gasteiger partial charge on any atom is -0.464 e. The number of esters is 6. The van der Waals surface area contributed by atoms with Crippen molar-refractivity contribution in [3.63, 3.8) is 0 Å². The smallest absolute Gasteiger partial charge is 0.415 e. The molecule has 23 heteroatoms. The molecule has 4 heterocycles. The van der Waals surface area contributed by atoms with Crippen LogP contribution in [0.15, 0.2) is 60.7 Å². The van der Waals surface area contributed by atoms with Crippen LogP contribution in [0, 0.1) is 5.92 Å². The van der Waals surface area contributed by atoms with E-state index in [0.29, 0.717) is 18.8 Å². The lowest BCUT2D eigenvalue weighted by Gasteiger charge is -2.19. The fraction of sp³-hybridized carbons (Fsp3) is 0.465. The number of hydrogen-bond acceptors (Lipinski definition) is 18. The Morgan fingerprint density at radius 3 is 1.41 bits per heavy atom. The molecule has 66 heavy (non-hydrogen) atoms. The molecule has 0 bridgehead atoms. The van der Waals surface area contributed by atoms with Gasteiger partial charge in [0, 0.05) is 19.3 Å². The quantitative estimate of drug-likeness (QED) is 0.0741. The normalized spacial score (nSPS) is 19.2. The molecule has 5 amide bonds. The summed E-state index contributed by atoms with van der Waals surface area (Å²) in [5.41, 5.74) is 1.29. The summed E-state index contributed by atoms with van der Waals surface area (Å²) in [7, 11) is 0. The number of benzene rings is 2. The first kappa shape index (κ1) is 52.8. The van der Waals surface area contributed by atoms with Gasteiger partial charge in [-0.3, -0.25) is 9.59 Å². The van der Waals surface area contributed by atoms with Crippen molar-refractivity contribution in [2.24, 2.45) is 5.92 Å². The van der Waals surface area contributed by atoms with Gasteiger partial charge in [-0.15, -0.1) is 0 Å². The van der Waals surface area contributed by atoms with Gasteiger partial charge in [-0.1, -0.05) is 74.5 Å². The number of ether oxygens (including phenoxy) is 7. The van der Waals surface area contributed by atoms with Crippen molar-refractivity contribution in [1.82, 2.24) is 26.6 Å². The maximum Gasteiger partial charge on any atom is 0.415 e. The zero-order valence-corrected chi connectivity index (χ0v) is 36.9. The van der Waals surface area contributed by atoms with E-state index in [2.05, 4.69) is 45.5 Å². The molecular weight excluding hydrogens is 874 g/mol. The molecule has 0 aliphatic carbocycles. The Balaban J connectivity index is 0.000000240. The molecule has 0 unspecified atom stereocenters. The number of carbonyl (C=O) groups is 11. The lowest BCUT2D eigenvalue weighted by molar-refractivity contribution is -0.146. The van der Waals surface area contributed by atoms with E-state index < -0.39 is 96.1 Å². The van der Waals surface area contributed by atoms with Crippen LogP contribution in [-0.4, -0.2) is 109 Å². The van der Waals surface area contributed by atoms with Crippen molar-refractivity contribution in [1.29, 1.82) is 0 Å². The highest BCUT2D eigenvalue weighted by molar-refractivity contribution is 5.97. The number of nitrogens with one attached hydrogen (secondary N) is 5. The maximum absolute atomic E-state index is 11.5. The van der Waals surface area contributed by atoms with E-state index in [-0.39, 0.29) is 45.4 Å². The van der Waals surface area contributed by atoms with Crippen molar-refractivity contribution in [3.05, 3.63) is 71.8 Å². The third-order valence-electron chi connectivity index (χ3n) is 8.62. The topological polar surface area (TPSA) is 313 Å². The van der Waals surface area contributed by atoms with Crippen LogP contribution >= 0.6 is 0 Å². The van der Waals surface area contributed by atoms with Gasteiger partial charge in [0.05, 0.1) is 6.54 Å². The predicted octanol–water partition coefficient (Wildman–Crippen LogP) is 3.15. The number of hydrogen-bond donors (Lipinski definition) is 5. The average Bonchev–Trinajstić information content (AvgIpc) is 3.96. The molecule has 4 aliphatic heterocycles. The van der Waals surface area contributed by atoms with E-state index in [1.165, 1.54) is 0 Å². The van der Waals surface area contributed by atoms with Crippen molar-refractivity contribution in [2.45, 2.75) is 110 Å². The average molecular weight is 928 g/mol. The molecule has 5 N–H and O–H groups in total. The summed E-state index contributed by atoms with van der Waals surface area (Å²) in [5.74, 6) is -2.89. The number of rotatable bonds is 15. The van der Waals surface area contributed by atoms with Crippen molar-refractivity contribution >= 4 is 66.3 Å². The van der Waals surface area contributed by atoms with E-state index in [9.17, 15) is 52.7 Å². The minimum absolute atomic E-state index is 0.0143.